The van der Waals surface area contributed by atoms with Crippen molar-refractivity contribution in [2.75, 3.05) is 6.79 Å². The van der Waals surface area contributed by atoms with E-state index in [0.29, 0.717) is 17.0 Å². The number of aryl methyl sites for hydroxylation is 1. The van der Waals surface area contributed by atoms with Gasteiger partial charge in [-0.25, -0.2) is 14.2 Å². The molecule has 178 valence electrons. The Kier molecular flexibility index (Phi) is 6.24. The van der Waals surface area contributed by atoms with Crippen molar-refractivity contribution in [1.29, 1.82) is 0 Å². The van der Waals surface area contributed by atoms with Gasteiger partial charge in [-0.15, -0.1) is 11.3 Å². The molecule has 0 fully saturated rings. The van der Waals surface area contributed by atoms with E-state index >= 15 is 0 Å². The molecule has 1 unspecified atom stereocenters. The zero-order valence-corrected chi connectivity index (χ0v) is 19.7. The Hall–Kier alpha value is -4.11. The number of esters is 1. The predicted octanol–water partition coefficient (Wildman–Crippen LogP) is 3.75. The van der Waals surface area contributed by atoms with Crippen LogP contribution in [0.2, 0.25) is 0 Å². The number of allylic oxidation sites excluding steroid dienone is 1. The molecule has 1 atom stereocenters. The molecule has 0 bridgehead atoms. The summed E-state index contributed by atoms with van der Waals surface area (Å²) in [6.45, 7) is 0.134. The van der Waals surface area contributed by atoms with Gasteiger partial charge in [0.25, 0.3) is 5.56 Å². The third-order valence-electron chi connectivity index (χ3n) is 5.78. The Balaban J connectivity index is 1.54. The molecule has 0 aliphatic carbocycles. The van der Waals surface area contributed by atoms with Gasteiger partial charge in [-0.05, 0) is 17.2 Å². The smallest absolute Gasteiger partial charge is 0.348 e. The number of nitrogens with zero attached hydrogens (tertiary/aromatic N) is 2. The quantitative estimate of drug-likeness (QED) is 0.367. The Bertz CT molecular complexity index is 1520. The molecule has 0 spiro atoms. The van der Waals surface area contributed by atoms with Gasteiger partial charge in [0.2, 0.25) is 6.79 Å². The number of aromatic nitrogens is 2. The van der Waals surface area contributed by atoms with Gasteiger partial charge in [0, 0.05) is 13.5 Å². The Morgan fingerprint density at radius 1 is 1.06 bits per heavy atom. The average Bonchev–Trinajstić information content (AvgIpc) is 3.58. The topological polar surface area (TPSA) is 88.8 Å². The molecule has 35 heavy (non-hydrogen) atoms. The zero-order valence-electron chi connectivity index (χ0n) is 18.9. The highest BCUT2D eigenvalue weighted by atomic mass is 32.1. The van der Waals surface area contributed by atoms with Gasteiger partial charge in [0.1, 0.15) is 28.6 Å². The fraction of sp³-hybridized carbons (Fsp3) is 0.192. The molecule has 2 aromatic heterocycles. The summed E-state index contributed by atoms with van der Waals surface area (Å²) in [4.78, 5) is 40.3. The number of fused-ring (bicyclic) bond motifs is 1. The molecule has 8 nitrogen and oxygen atoms in total. The Morgan fingerprint density at radius 2 is 1.74 bits per heavy atom. The molecular formula is C26H22N2O6S. The number of benzene rings is 2. The largest absolute Gasteiger partial charge is 0.462 e. The fourth-order valence-corrected chi connectivity index (χ4v) is 5.00. The van der Waals surface area contributed by atoms with Crippen LogP contribution in [-0.4, -0.2) is 21.9 Å². The lowest BCUT2D eigenvalue weighted by molar-refractivity contribution is 0.0478. The van der Waals surface area contributed by atoms with E-state index in [4.69, 9.17) is 14.2 Å². The number of ether oxygens (including phenoxy) is 3. The zero-order chi connectivity index (χ0) is 24.4. The van der Waals surface area contributed by atoms with E-state index in [1.54, 1.807) is 7.05 Å². The van der Waals surface area contributed by atoms with Crippen LogP contribution in [0.3, 0.4) is 0 Å². The summed E-state index contributed by atoms with van der Waals surface area (Å²) in [7, 11) is 1.58. The number of carbonyl (C=O) groups is 1. The third kappa shape index (κ3) is 4.50. The second-order valence-electron chi connectivity index (χ2n) is 8.06. The minimum atomic E-state index is -0.705. The summed E-state index contributed by atoms with van der Waals surface area (Å²) in [5, 5.41) is 0.265. The van der Waals surface area contributed by atoms with E-state index < -0.39 is 23.3 Å². The van der Waals surface area contributed by atoms with Crippen molar-refractivity contribution >= 4 is 27.5 Å². The average molecular weight is 491 g/mol. The summed E-state index contributed by atoms with van der Waals surface area (Å²) in [5.74, 6) is -0.158. The van der Waals surface area contributed by atoms with Crippen molar-refractivity contribution < 1.29 is 19.0 Å². The second-order valence-corrected chi connectivity index (χ2v) is 9.09. The SMILES string of the molecule is Cn1c(=O)n(C(Cc2ccccc2)C2=COCO2)c(=O)c2cc(C(=O)OCc3ccccc3)sc21. The first-order valence-corrected chi connectivity index (χ1v) is 11.8. The number of carbonyl (C=O) groups excluding carboxylic acids is 1. The highest BCUT2D eigenvalue weighted by molar-refractivity contribution is 7.20. The van der Waals surface area contributed by atoms with Gasteiger partial charge < -0.3 is 14.2 Å². The molecule has 0 N–H and O–H groups in total. The number of thiophene rings is 1. The minimum absolute atomic E-state index is 0.0216. The second kappa shape index (κ2) is 9.63. The standard InChI is InChI=1S/C26H22N2O6S/c1-27-24-19(13-22(35-24)25(30)33-14-18-10-6-3-7-11-18)23(29)28(26(27)31)20(21-15-32-16-34-21)12-17-8-4-2-5-9-17/h2-11,13,15,20H,12,14,16H2,1H3. The van der Waals surface area contributed by atoms with E-state index in [1.165, 1.54) is 21.5 Å². The summed E-state index contributed by atoms with van der Waals surface area (Å²) in [5.41, 5.74) is 0.774. The summed E-state index contributed by atoms with van der Waals surface area (Å²) < 4.78 is 18.8. The van der Waals surface area contributed by atoms with Crippen molar-refractivity contribution in [2.24, 2.45) is 7.05 Å². The monoisotopic (exact) mass is 490 g/mol. The first kappa shape index (κ1) is 22.7. The van der Waals surface area contributed by atoms with Crippen LogP contribution in [0.25, 0.3) is 10.2 Å². The summed E-state index contributed by atoms with van der Waals surface area (Å²) >= 11 is 1.06. The van der Waals surface area contributed by atoms with E-state index in [9.17, 15) is 14.4 Å². The van der Waals surface area contributed by atoms with Crippen LogP contribution in [0.15, 0.2) is 88.3 Å². The van der Waals surface area contributed by atoms with E-state index in [0.717, 1.165) is 22.5 Å². The van der Waals surface area contributed by atoms with Crippen LogP contribution in [0, 0.1) is 0 Å². The highest BCUT2D eigenvalue weighted by Crippen LogP contribution is 2.27. The van der Waals surface area contributed by atoms with Crippen molar-refractivity contribution in [3.8, 4) is 0 Å². The van der Waals surface area contributed by atoms with Crippen molar-refractivity contribution in [3.05, 3.63) is 116 Å². The normalized spacial score (nSPS) is 13.7. The van der Waals surface area contributed by atoms with Gasteiger partial charge in [0.05, 0.1) is 5.39 Å². The first-order valence-electron chi connectivity index (χ1n) is 11.0. The molecule has 1 aliphatic rings. The van der Waals surface area contributed by atoms with E-state index in [-0.39, 0.29) is 23.7 Å². The van der Waals surface area contributed by atoms with Crippen LogP contribution < -0.4 is 11.2 Å². The molecule has 0 radical (unpaired) electrons. The van der Waals surface area contributed by atoms with E-state index in [1.807, 2.05) is 60.7 Å². The lowest BCUT2D eigenvalue weighted by Crippen LogP contribution is -2.42. The minimum Gasteiger partial charge on any atom is -0.462 e. The summed E-state index contributed by atoms with van der Waals surface area (Å²) in [6, 6.07) is 19.6. The number of hydrogen-bond acceptors (Lipinski definition) is 7. The summed E-state index contributed by atoms with van der Waals surface area (Å²) in [6.07, 6.45) is 1.79. The third-order valence-corrected chi connectivity index (χ3v) is 6.97. The predicted molar refractivity (Wildman–Crippen MR) is 131 cm³/mol. The number of rotatable bonds is 7. The molecule has 0 saturated carbocycles. The van der Waals surface area contributed by atoms with Crippen LogP contribution in [0.5, 0.6) is 0 Å². The molecule has 3 heterocycles. The molecule has 2 aromatic carbocycles. The first-order chi connectivity index (χ1) is 17.0. The number of hydrogen-bond donors (Lipinski definition) is 0. The molecule has 1 aliphatic heterocycles. The molecular weight excluding hydrogens is 468 g/mol. The Morgan fingerprint density at radius 3 is 2.40 bits per heavy atom. The van der Waals surface area contributed by atoms with Crippen molar-refractivity contribution in [1.82, 2.24) is 9.13 Å². The van der Waals surface area contributed by atoms with Gasteiger partial charge >= 0.3 is 11.7 Å². The van der Waals surface area contributed by atoms with Gasteiger partial charge in [-0.3, -0.25) is 9.36 Å². The van der Waals surface area contributed by atoms with Crippen LogP contribution >= 0.6 is 11.3 Å². The molecule has 5 rings (SSSR count). The maximum Gasteiger partial charge on any atom is 0.348 e. The fourth-order valence-electron chi connectivity index (χ4n) is 4.00. The maximum absolute atomic E-state index is 13.6. The van der Waals surface area contributed by atoms with Gasteiger partial charge in [0.15, 0.2) is 5.76 Å². The lowest BCUT2D eigenvalue weighted by Gasteiger charge is -2.20. The Labute approximate surface area is 204 Å². The van der Waals surface area contributed by atoms with E-state index in [2.05, 4.69) is 0 Å². The lowest BCUT2D eigenvalue weighted by atomic mass is 10.0. The maximum atomic E-state index is 13.6. The van der Waals surface area contributed by atoms with Crippen LogP contribution in [0.4, 0.5) is 0 Å². The van der Waals surface area contributed by atoms with Crippen molar-refractivity contribution in [2.45, 2.75) is 19.1 Å². The molecule has 4 aromatic rings. The molecule has 9 heteroatoms. The van der Waals surface area contributed by atoms with Crippen LogP contribution in [-0.2, 0) is 34.3 Å². The van der Waals surface area contributed by atoms with Gasteiger partial charge in [-0.2, -0.15) is 0 Å². The highest BCUT2D eigenvalue weighted by Gasteiger charge is 2.28. The van der Waals surface area contributed by atoms with Crippen LogP contribution in [0.1, 0.15) is 26.8 Å². The molecule has 0 saturated heterocycles. The van der Waals surface area contributed by atoms with Gasteiger partial charge in [-0.1, -0.05) is 60.7 Å². The van der Waals surface area contributed by atoms with Crippen molar-refractivity contribution in [3.63, 3.8) is 0 Å². The molecule has 0 amide bonds.